The minimum Gasteiger partial charge on any atom is -0.497 e. The maximum atomic E-state index is 8.95. The first-order chi connectivity index (χ1) is 8.83. The highest BCUT2D eigenvalue weighted by molar-refractivity contribution is 5.51. The zero-order chi connectivity index (χ0) is 12.8. The van der Waals surface area contributed by atoms with Crippen molar-refractivity contribution in [2.45, 2.75) is 0 Å². The van der Waals surface area contributed by atoms with E-state index in [-0.39, 0.29) is 0 Å². The van der Waals surface area contributed by atoms with Gasteiger partial charge in [-0.15, -0.1) is 0 Å². The largest absolute Gasteiger partial charge is 0.497 e. The van der Waals surface area contributed by atoms with Crippen molar-refractivity contribution in [3.05, 3.63) is 65.2 Å². The summed E-state index contributed by atoms with van der Waals surface area (Å²) in [6.45, 7) is 0. The molecule has 0 radical (unpaired) electrons. The van der Waals surface area contributed by atoms with Gasteiger partial charge in [0, 0.05) is 11.1 Å². The number of benzene rings is 2. The van der Waals surface area contributed by atoms with Gasteiger partial charge in [0.1, 0.15) is 11.8 Å². The van der Waals surface area contributed by atoms with Gasteiger partial charge >= 0.3 is 0 Å². The molecule has 0 aliphatic rings. The first kappa shape index (κ1) is 11.8. The number of nitrogens with zero attached hydrogens (tertiary/aromatic N) is 1. The topological polar surface area (TPSA) is 33.0 Å². The minimum absolute atomic E-state index is 0.596. The Labute approximate surface area is 106 Å². The number of ether oxygens (including phenoxy) is 1. The lowest BCUT2D eigenvalue weighted by molar-refractivity contribution is 0.415. The second kappa shape index (κ2) is 5.57. The van der Waals surface area contributed by atoms with E-state index in [0.29, 0.717) is 5.56 Å². The first-order valence-electron chi connectivity index (χ1n) is 5.48. The molecule has 2 nitrogen and oxygen atoms in total. The lowest BCUT2D eigenvalue weighted by Gasteiger charge is -1.97. The minimum atomic E-state index is 0.596. The molecule has 0 spiro atoms. The van der Waals surface area contributed by atoms with Crippen LogP contribution in [0.3, 0.4) is 0 Å². The number of methoxy groups -OCH3 is 1. The molecular weight excluding hydrogens is 222 g/mol. The first-order valence-corrected chi connectivity index (χ1v) is 5.48. The van der Waals surface area contributed by atoms with Crippen molar-refractivity contribution in [1.29, 1.82) is 5.26 Å². The summed E-state index contributed by atoms with van der Waals surface area (Å²) >= 11 is 0. The molecule has 2 heteroatoms. The summed E-state index contributed by atoms with van der Waals surface area (Å²) in [5.74, 6) is 6.84. The molecule has 18 heavy (non-hydrogen) atoms. The summed E-state index contributed by atoms with van der Waals surface area (Å²) < 4.78 is 5.08. The highest BCUT2D eigenvalue weighted by Crippen LogP contribution is 2.11. The van der Waals surface area contributed by atoms with E-state index in [9.17, 15) is 0 Å². The molecule has 2 rings (SSSR count). The Kier molecular flexibility index (Phi) is 3.64. The van der Waals surface area contributed by atoms with Crippen LogP contribution in [0.15, 0.2) is 48.5 Å². The van der Waals surface area contributed by atoms with Gasteiger partial charge in [0.05, 0.1) is 12.7 Å². The lowest BCUT2D eigenvalue weighted by Crippen LogP contribution is -1.83. The molecule has 0 bridgehead atoms. The molecule has 0 fully saturated rings. The highest BCUT2D eigenvalue weighted by Gasteiger charge is 1.95. The molecule has 0 aromatic heterocycles. The number of rotatable bonds is 1. The van der Waals surface area contributed by atoms with Gasteiger partial charge < -0.3 is 4.74 Å². The maximum Gasteiger partial charge on any atom is 0.118 e. The van der Waals surface area contributed by atoms with Crippen molar-refractivity contribution >= 4 is 0 Å². The van der Waals surface area contributed by atoms with E-state index in [0.717, 1.165) is 16.9 Å². The van der Waals surface area contributed by atoms with Crippen molar-refractivity contribution in [3.63, 3.8) is 0 Å². The van der Waals surface area contributed by atoms with Gasteiger partial charge in [-0.05, 0) is 36.4 Å². The molecule has 86 valence electrons. The van der Waals surface area contributed by atoms with E-state index >= 15 is 0 Å². The summed E-state index contributed by atoms with van der Waals surface area (Å²) in [4.78, 5) is 0. The van der Waals surface area contributed by atoms with Crippen LogP contribution in [0.1, 0.15) is 16.7 Å². The van der Waals surface area contributed by atoms with Crippen molar-refractivity contribution in [1.82, 2.24) is 0 Å². The fraction of sp³-hybridized carbons (Fsp3) is 0.0625. The SMILES string of the molecule is COc1ccc(C#Cc2ccccc2C#N)cc1. The zero-order valence-electron chi connectivity index (χ0n) is 9.97. The monoisotopic (exact) mass is 233 g/mol. The Balaban J connectivity index is 2.28. The molecular formula is C16H11NO. The fourth-order valence-corrected chi connectivity index (χ4v) is 1.50. The normalized spacial score (nSPS) is 8.89. The summed E-state index contributed by atoms with van der Waals surface area (Å²) in [6, 6.07) is 16.9. The molecule has 2 aromatic carbocycles. The van der Waals surface area contributed by atoms with E-state index in [1.165, 1.54) is 0 Å². The molecule has 0 aliphatic heterocycles. The molecule has 0 amide bonds. The Morgan fingerprint density at radius 2 is 1.56 bits per heavy atom. The van der Waals surface area contributed by atoms with Crippen LogP contribution in [0.5, 0.6) is 5.75 Å². The third kappa shape index (κ3) is 2.70. The molecule has 0 atom stereocenters. The summed E-state index contributed by atoms with van der Waals surface area (Å²) in [7, 11) is 1.63. The molecule has 0 saturated heterocycles. The maximum absolute atomic E-state index is 8.95. The van der Waals surface area contributed by atoms with Crippen molar-refractivity contribution in [2.24, 2.45) is 0 Å². The van der Waals surface area contributed by atoms with Gasteiger partial charge in [-0.3, -0.25) is 0 Å². The van der Waals surface area contributed by atoms with Crippen LogP contribution < -0.4 is 4.74 Å². The summed E-state index contributed by atoms with van der Waals surface area (Å²) in [6.07, 6.45) is 0. The zero-order valence-corrected chi connectivity index (χ0v) is 9.97. The van der Waals surface area contributed by atoms with Crippen molar-refractivity contribution in [3.8, 4) is 23.7 Å². The molecule has 0 aliphatic carbocycles. The van der Waals surface area contributed by atoms with Crippen LogP contribution in [0.4, 0.5) is 0 Å². The highest BCUT2D eigenvalue weighted by atomic mass is 16.5. The standard InChI is InChI=1S/C16H11NO/c1-18-16-10-7-13(8-11-16)6-9-14-4-2-3-5-15(14)12-17/h2-5,7-8,10-11H,1H3. The van der Waals surface area contributed by atoms with Gasteiger partial charge in [-0.2, -0.15) is 5.26 Å². The van der Waals surface area contributed by atoms with Crippen LogP contribution in [0.25, 0.3) is 0 Å². The van der Waals surface area contributed by atoms with E-state index in [2.05, 4.69) is 17.9 Å². The summed E-state index contributed by atoms with van der Waals surface area (Å²) in [5, 5.41) is 8.95. The van der Waals surface area contributed by atoms with Gasteiger partial charge in [0.2, 0.25) is 0 Å². The Hall–Kier alpha value is -2.71. The third-order valence-electron chi connectivity index (χ3n) is 2.48. The van der Waals surface area contributed by atoms with Gasteiger partial charge in [-0.1, -0.05) is 24.0 Å². The van der Waals surface area contributed by atoms with Crippen molar-refractivity contribution in [2.75, 3.05) is 7.11 Å². The lowest BCUT2D eigenvalue weighted by atomic mass is 10.1. The predicted octanol–water partition coefficient (Wildman–Crippen LogP) is 2.97. The second-order valence-electron chi connectivity index (χ2n) is 3.64. The smallest absolute Gasteiger partial charge is 0.118 e. The summed E-state index contributed by atoms with van der Waals surface area (Å²) in [5.41, 5.74) is 2.23. The van der Waals surface area contributed by atoms with Gasteiger partial charge in [-0.25, -0.2) is 0 Å². The van der Waals surface area contributed by atoms with Gasteiger partial charge in [0.15, 0.2) is 0 Å². The van der Waals surface area contributed by atoms with E-state index in [1.54, 1.807) is 13.2 Å². The second-order valence-corrected chi connectivity index (χ2v) is 3.64. The van der Waals surface area contributed by atoms with E-state index in [1.807, 2.05) is 42.5 Å². The Bertz CT molecular complexity index is 639. The van der Waals surface area contributed by atoms with Crippen LogP contribution in [0.2, 0.25) is 0 Å². The average molecular weight is 233 g/mol. The molecule has 0 heterocycles. The van der Waals surface area contributed by atoms with E-state index in [4.69, 9.17) is 10.00 Å². The van der Waals surface area contributed by atoms with Gasteiger partial charge in [0.25, 0.3) is 0 Å². The fourth-order valence-electron chi connectivity index (χ4n) is 1.50. The van der Waals surface area contributed by atoms with Crippen LogP contribution in [-0.4, -0.2) is 7.11 Å². The Morgan fingerprint density at radius 1 is 0.889 bits per heavy atom. The van der Waals surface area contributed by atoms with Crippen LogP contribution in [-0.2, 0) is 0 Å². The molecule has 2 aromatic rings. The van der Waals surface area contributed by atoms with Crippen LogP contribution in [0, 0.1) is 23.2 Å². The molecule has 0 unspecified atom stereocenters. The number of nitriles is 1. The Morgan fingerprint density at radius 3 is 2.17 bits per heavy atom. The number of hydrogen-bond acceptors (Lipinski definition) is 2. The number of hydrogen-bond donors (Lipinski definition) is 0. The van der Waals surface area contributed by atoms with Crippen molar-refractivity contribution < 1.29 is 4.74 Å². The molecule has 0 N–H and O–H groups in total. The quantitative estimate of drug-likeness (QED) is 0.709. The molecule has 0 saturated carbocycles. The van der Waals surface area contributed by atoms with Crippen LogP contribution >= 0.6 is 0 Å². The third-order valence-corrected chi connectivity index (χ3v) is 2.48. The predicted molar refractivity (Wildman–Crippen MR) is 70.1 cm³/mol. The average Bonchev–Trinajstić information content (AvgIpc) is 2.46. The van der Waals surface area contributed by atoms with E-state index < -0.39 is 0 Å².